The van der Waals surface area contributed by atoms with Gasteiger partial charge in [-0.1, -0.05) is 0 Å². The number of carbonyl (C=O) groups is 1. The highest BCUT2D eigenvalue weighted by atomic mass is 32.2. The maximum Gasteiger partial charge on any atom is 0.335 e. The van der Waals surface area contributed by atoms with Crippen LogP contribution in [-0.4, -0.2) is 25.2 Å². The summed E-state index contributed by atoms with van der Waals surface area (Å²) in [6.45, 7) is 1.46. The van der Waals surface area contributed by atoms with Crippen molar-refractivity contribution >= 4 is 16.1 Å². The van der Waals surface area contributed by atoms with Gasteiger partial charge in [0.05, 0.1) is 11.3 Å². The topological polar surface area (TPSA) is 80.7 Å². The zero-order valence-electron chi connectivity index (χ0n) is 8.00. The smallest absolute Gasteiger partial charge is 0.335 e. The Bertz CT molecular complexity index is 446. The number of rotatable bonds is 4. The number of hydrogen-bond donors (Lipinski definition) is 1. The summed E-state index contributed by atoms with van der Waals surface area (Å²) in [7, 11) is -3.55. The molecule has 1 rings (SSSR count). The van der Waals surface area contributed by atoms with E-state index in [1.165, 1.54) is 31.2 Å². The second-order valence-electron chi connectivity index (χ2n) is 2.76. The van der Waals surface area contributed by atoms with E-state index in [-0.39, 0.29) is 17.1 Å². The highest BCUT2D eigenvalue weighted by molar-refractivity contribution is 7.87. The van der Waals surface area contributed by atoms with E-state index in [1.807, 2.05) is 0 Å². The largest absolute Gasteiger partial charge is 0.478 e. The van der Waals surface area contributed by atoms with E-state index < -0.39 is 16.1 Å². The average Bonchev–Trinajstić information content (AvgIpc) is 2.18. The Kier molecular flexibility index (Phi) is 3.31. The molecule has 15 heavy (non-hydrogen) atoms. The maximum absolute atomic E-state index is 11.0. The van der Waals surface area contributed by atoms with Crippen LogP contribution in [0.25, 0.3) is 0 Å². The van der Waals surface area contributed by atoms with Crippen LogP contribution in [0.1, 0.15) is 17.3 Å². The Morgan fingerprint density at radius 1 is 1.33 bits per heavy atom. The molecule has 6 heteroatoms. The summed E-state index contributed by atoms with van der Waals surface area (Å²) in [4.78, 5) is 10.5. The van der Waals surface area contributed by atoms with Crippen molar-refractivity contribution in [1.82, 2.24) is 0 Å². The average molecular weight is 230 g/mol. The summed E-state index contributed by atoms with van der Waals surface area (Å²) in [6, 6.07) is 5.17. The van der Waals surface area contributed by atoms with Crippen molar-refractivity contribution in [2.45, 2.75) is 6.92 Å². The first-order valence-electron chi connectivity index (χ1n) is 4.20. The van der Waals surface area contributed by atoms with Gasteiger partial charge in [0, 0.05) is 0 Å². The molecule has 0 aromatic heterocycles. The summed E-state index contributed by atoms with van der Waals surface area (Å²) >= 11 is 0. The van der Waals surface area contributed by atoms with Gasteiger partial charge in [-0.3, -0.25) is 0 Å². The molecule has 0 fully saturated rings. The first-order chi connectivity index (χ1) is 6.94. The van der Waals surface area contributed by atoms with Crippen molar-refractivity contribution in [2.24, 2.45) is 0 Å². The van der Waals surface area contributed by atoms with Gasteiger partial charge in [-0.2, -0.15) is 8.42 Å². The van der Waals surface area contributed by atoms with E-state index in [2.05, 4.69) is 4.18 Å². The van der Waals surface area contributed by atoms with Crippen molar-refractivity contribution in [3.8, 4) is 5.75 Å². The molecule has 82 valence electrons. The van der Waals surface area contributed by atoms with Crippen LogP contribution >= 0.6 is 0 Å². The third kappa shape index (κ3) is 3.25. The van der Waals surface area contributed by atoms with Crippen LogP contribution in [0.15, 0.2) is 24.3 Å². The van der Waals surface area contributed by atoms with Crippen molar-refractivity contribution in [2.75, 3.05) is 5.75 Å². The van der Waals surface area contributed by atoms with Gasteiger partial charge in [0.15, 0.2) is 0 Å². The molecule has 5 nitrogen and oxygen atoms in total. The molecule has 0 amide bonds. The molecular weight excluding hydrogens is 220 g/mol. The highest BCUT2D eigenvalue weighted by Crippen LogP contribution is 2.14. The standard InChI is InChI=1S/C9H10O5S/c1-2-15(12,13)14-8-5-3-7(4-6-8)9(10)11/h3-6H,2H2,1H3,(H,10,11). The molecule has 0 aliphatic rings. The lowest BCUT2D eigenvalue weighted by molar-refractivity contribution is 0.0697. The quantitative estimate of drug-likeness (QED) is 0.784. The van der Waals surface area contributed by atoms with Crippen molar-refractivity contribution in [1.29, 1.82) is 0 Å². The number of carboxylic acid groups (broad SMARTS) is 1. The summed E-state index contributed by atoms with van der Waals surface area (Å²) < 4.78 is 26.8. The van der Waals surface area contributed by atoms with E-state index >= 15 is 0 Å². The Labute approximate surface area is 87.4 Å². The third-order valence-electron chi connectivity index (χ3n) is 1.68. The first-order valence-corrected chi connectivity index (χ1v) is 5.78. The highest BCUT2D eigenvalue weighted by Gasteiger charge is 2.09. The van der Waals surface area contributed by atoms with Gasteiger partial charge in [-0.05, 0) is 31.2 Å². The summed E-state index contributed by atoms with van der Waals surface area (Å²) in [6.07, 6.45) is 0. The normalized spacial score (nSPS) is 11.0. The zero-order chi connectivity index (χ0) is 11.5. The van der Waals surface area contributed by atoms with E-state index in [0.717, 1.165) is 0 Å². The molecule has 0 atom stereocenters. The molecule has 0 aliphatic carbocycles. The van der Waals surface area contributed by atoms with E-state index in [4.69, 9.17) is 5.11 Å². The summed E-state index contributed by atoms with van der Waals surface area (Å²) in [5.41, 5.74) is 0.0799. The molecule has 0 aliphatic heterocycles. The monoisotopic (exact) mass is 230 g/mol. The van der Waals surface area contributed by atoms with Gasteiger partial charge >= 0.3 is 16.1 Å². The van der Waals surface area contributed by atoms with Gasteiger partial charge in [0.2, 0.25) is 0 Å². The fraction of sp³-hybridized carbons (Fsp3) is 0.222. The number of hydrogen-bond acceptors (Lipinski definition) is 4. The van der Waals surface area contributed by atoms with Gasteiger partial charge in [0.25, 0.3) is 0 Å². The first kappa shape index (κ1) is 11.5. The molecule has 1 N–H and O–H groups in total. The van der Waals surface area contributed by atoms with Gasteiger partial charge < -0.3 is 9.29 Å². The summed E-state index contributed by atoms with van der Waals surface area (Å²) in [5.74, 6) is -1.09. The molecule has 0 saturated carbocycles. The lowest BCUT2D eigenvalue weighted by Crippen LogP contribution is -2.11. The molecule has 1 aromatic rings. The number of carboxylic acids is 1. The maximum atomic E-state index is 11.0. The van der Waals surface area contributed by atoms with Crippen LogP contribution in [0.5, 0.6) is 5.75 Å². The minimum atomic E-state index is -3.55. The lowest BCUT2D eigenvalue weighted by atomic mass is 10.2. The predicted molar refractivity (Wildman–Crippen MR) is 53.5 cm³/mol. The van der Waals surface area contributed by atoms with Gasteiger partial charge in [-0.25, -0.2) is 4.79 Å². The molecule has 0 radical (unpaired) electrons. The Morgan fingerprint density at radius 2 is 1.87 bits per heavy atom. The van der Waals surface area contributed by atoms with Crippen LogP contribution in [0.4, 0.5) is 0 Å². The minimum absolute atomic E-state index is 0.0799. The van der Waals surface area contributed by atoms with Gasteiger partial charge in [-0.15, -0.1) is 0 Å². The number of aromatic carboxylic acids is 1. The van der Waals surface area contributed by atoms with Crippen LogP contribution in [0.2, 0.25) is 0 Å². The van der Waals surface area contributed by atoms with Crippen molar-refractivity contribution in [3.05, 3.63) is 29.8 Å². The molecule has 0 bridgehead atoms. The SMILES string of the molecule is CCS(=O)(=O)Oc1ccc(C(=O)O)cc1. The van der Waals surface area contributed by atoms with Crippen LogP contribution in [0.3, 0.4) is 0 Å². The Balaban J connectivity index is 2.86. The lowest BCUT2D eigenvalue weighted by Gasteiger charge is -2.04. The molecule has 0 saturated heterocycles. The fourth-order valence-electron chi connectivity index (χ4n) is 0.859. The third-order valence-corrected chi connectivity index (χ3v) is 2.83. The van der Waals surface area contributed by atoms with Crippen LogP contribution in [0, 0.1) is 0 Å². The second kappa shape index (κ2) is 4.31. The Hall–Kier alpha value is -1.56. The summed E-state index contributed by atoms with van der Waals surface area (Å²) in [5, 5.41) is 8.60. The molecule has 1 aromatic carbocycles. The fourth-order valence-corrected chi connectivity index (χ4v) is 1.38. The van der Waals surface area contributed by atoms with Crippen molar-refractivity contribution < 1.29 is 22.5 Å². The number of benzene rings is 1. The molecule has 0 unspecified atom stereocenters. The van der Waals surface area contributed by atoms with Crippen LogP contribution in [-0.2, 0) is 10.1 Å². The van der Waals surface area contributed by atoms with E-state index in [9.17, 15) is 13.2 Å². The molecular formula is C9H10O5S. The van der Waals surface area contributed by atoms with Crippen molar-refractivity contribution in [3.63, 3.8) is 0 Å². The zero-order valence-corrected chi connectivity index (χ0v) is 8.82. The van der Waals surface area contributed by atoms with Crippen LogP contribution < -0.4 is 4.18 Å². The van der Waals surface area contributed by atoms with E-state index in [1.54, 1.807) is 0 Å². The molecule has 0 spiro atoms. The Morgan fingerprint density at radius 3 is 2.27 bits per heavy atom. The molecule has 0 heterocycles. The van der Waals surface area contributed by atoms with Gasteiger partial charge in [0.1, 0.15) is 5.75 Å². The predicted octanol–water partition coefficient (Wildman–Crippen LogP) is 1.11. The minimum Gasteiger partial charge on any atom is -0.478 e. The van der Waals surface area contributed by atoms with E-state index in [0.29, 0.717) is 0 Å². The second-order valence-corrected chi connectivity index (χ2v) is 4.62.